The van der Waals surface area contributed by atoms with E-state index >= 15 is 0 Å². The predicted octanol–water partition coefficient (Wildman–Crippen LogP) is 3.05. The molecule has 8 nitrogen and oxygen atoms in total. The molecule has 42 heavy (non-hydrogen) atoms. The summed E-state index contributed by atoms with van der Waals surface area (Å²) in [5.74, 6) is -4.46. The minimum atomic E-state index is -0.893. The molecule has 0 amide bonds. The fourth-order valence-corrected chi connectivity index (χ4v) is 3.76. The first-order valence-electron chi connectivity index (χ1n) is 15.7. The van der Waals surface area contributed by atoms with Gasteiger partial charge in [0.25, 0.3) is 0 Å². The molecule has 0 aromatic rings. The molecule has 0 spiro atoms. The first-order valence-corrected chi connectivity index (χ1v) is 15.7. The van der Waals surface area contributed by atoms with Gasteiger partial charge < -0.3 is 39.6 Å². The molecule has 0 saturated carbocycles. The molecule has 4 atom stereocenters. The molecule has 0 bridgehead atoms. The summed E-state index contributed by atoms with van der Waals surface area (Å²) in [6, 6.07) is 0. The van der Waals surface area contributed by atoms with Crippen LogP contribution in [0, 0.1) is 23.7 Å². The molecule has 0 aromatic carbocycles. The van der Waals surface area contributed by atoms with Gasteiger partial charge in [-0.2, -0.15) is 0 Å². The molecule has 0 N–H and O–H groups in total. The average molecular weight is 810 g/mol. The van der Waals surface area contributed by atoms with Crippen LogP contribution in [0.2, 0.25) is 0 Å². The Kier molecular flexibility index (Phi) is 52.0. The number of unbranched alkanes of at least 4 members (excludes halogenated alkanes) is 4. The molecular weight excluding hydrogens is 750 g/mol. The molecule has 0 aliphatic carbocycles. The number of carboxylic acid groups (broad SMARTS) is 4. The van der Waals surface area contributed by atoms with E-state index in [4.69, 9.17) is 0 Å². The molecule has 0 aliphatic heterocycles. The second-order valence-corrected chi connectivity index (χ2v) is 10.3. The van der Waals surface area contributed by atoms with Gasteiger partial charge in [0.05, 0.1) is 0 Å². The zero-order valence-corrected chi connectivity index (χ0v) is 33.6. The third-order valence-corrected chi connectivity index (χ3v) is 6.93. The van der Waals surface area contributed by atoms with Crippen molar-refractivity contribution >= 4 is 71.7 Å². The maximum Gasteiger partial charge on any atom is 2.00 e. The van der Waals surface area contributed by atoms with E-state index in [1.165, 1.54) is 0 Å². The van der Waals surface area contributed by atoms with E-state index in [-0.39, 0.29) is 71.5 Å². The molecule has 0 heterocycles. The maximum absolute atomic E-state index is 10.3. The standard InChI is InChI=1S/4C8H16O2.2Sn/c4*1-3-5-6-7(4-2)8(9)10;;/h4*7H,3-6H2,1-2H3,(H,9,10);;/q;;;;2*+2/p-4. The van der Waals surface area contributed by atoms with Gasteiger partial charge in [-0.1, -0.05) is 107 Å². The number of hydrogen-bond donors (Lipinski definition) is 0. The van der Waals surface area contributed by atoms with Crippen LogP contribution in [-0.4, -0.2) is 71.7 Å². The number of hydrogen-bond acceptors (Lipinski definition) is 8. The summed E-state index contributed by atoms with van der Waals surface area (Å²) in [6.45, 7) is 15.8. The topological polar surface area (TPSA) is 161 Å². The Labute approximate surface area is 291 Å². The van der Waals surface area contributed by atoms with E-state index in [9.17, 15) is 39.6 Å². The van der Waals surface area contributed by atoms with Gasteiger partial charge in [-0.25, -0.2) is 0 Å². The van der Waals surface area contributed by atoms with Crippen molar-refractivity contribution in [3.63, 3.8) is 0 Å². The van der Waals surface area contributed by atoms with E-state index in [2.05, 4.69) is 27.7 Å². The quantitative estimate of drug-likeness (QED) is 0.170. The van der Waals surface area contributed by atoms with Crippen LogP contribution in [0.25, 0.3) is 0 Å². The van der Waals surface area contributed by atoms with Crippen LogP contribution in [0.3, 0.4) is 0 Å². The summed E-state index contributed by atoms with van der Waals surface area (Å²) >= 11 is 0. The minimum Gasteiger partial charge on any atom is -0.550 e. The number of rotatable bonds is 20. The van der Waals surface area contributed by atoms with Crippen LogP contribution in [-0.2, 0) is 19.2 Å². The van der Waals surface area contributed by atoms with E-state index in [0.717, 1.165) is 77.0 Å². The second kappa shape index (κ2) is 40.5. The Morgan fingerprint density at radius 1 is 0.381 bits per heavy atom. The predicted molar refractivity (Wildman–Crippen MR) is 165 cm³/mol. The van der Waals surface area contributed by atoms with Gasteiger partial charge in [0.15, 0.2) is 0 Å². The molecule has 0 aliphatic rings. The van der Waals surface area contributed by atoms with Crippen molar-refractivity contribution < 1.29 is 39.6 Å². The molecule has 0 saturated heterocycles. The third kappa shape index (κ3) is 37.5. The molecule has 10 heteroatoms. The van der Waals surface area contributed by atoms with Crippen LogP contribution in [0.15, 0.2) is 0 Å². The van der Waals surface area contributed by atoms with Gasteiger partial charge in [-0.15, -0.1) is 0 Å². The SMILES string of the molecule is CCCCC(CC)C(=O)[O-].CCCCC(CC)C(=O)[O-].CCCCC(CC)C(=O)[O-].CCCCC(CC)C(=O)[O-].[Sn+2].[Sn+2]. The zero-order valence-electron chi connectivity index (χ0n) is 27.9. The molecule has 4 unspecified atom stereocenters. The third-order valence-electron chi connectivity index (χ3n) is 6.93. The first-order chi connectivity index (χ1) is 18.9. The Morgan fingerprint density at radius 2 is 0.524 bits per heavy atom. The van der Waals surface area contributed by atoms with Gasteiger partial charge >= 0.3 is 47.8 Å². The van der Waals surface area contributed by atoms with Crippen molar-refractivity contribution in [2.24, 2.45) is 23.7 Å². The van der Waals surface area contributed by atoms with Crippen molar-refractivity contribution in [1.82, 2.24) is 0 Å². The van der Waals surface area contributed by atoms with E-state index in [1.54, 1.807) is 0 Å². The number of carboxylic acids is 4. The molecule has 0 rings (SSSR count). The van der Waals surface area contributed by atoms with E-state index in [1.807, 2.05) is 27.7 Å². The molecule has 4 radical (unpaired) electrons. The van der Waals surface area contributed by atoms with Gasteiger partial charge in [0.2, 0.25) is 0 Å². The minimum absolute atomic E-state index is 0. The second-order valence-electron chi connectivity index (χ2n) is 10.3. The van der Waals surface area contributed by atoms with Crippen molar-refractivity contribution in [1.29, 1.82) is 0 Å². The maximum atomic E-state index is 10.3. The Bertz CT molecular complexity index is 513. The van der Waals surface area contributed by atoms with E-state index < -0.39 is 23.9 Å². The summed E-state index contributed by atoms with van der Waals surface area (Å²) in [6.07, 6.45) is 14.1. The molecule has 0 fully saturated rings. The summed E-state index contributed by atoms with van der Waals surface area (Å²) in [4.78, 5) is 41.3. The summed E-state index contributed by atoms with van der Waals surface area (Å²) in [5.41, 5.74) is 0. The van der Waals surface area contributed by atoms with E-state index in [0.29, 0.717) is 25.7 Å². The van der Waals surface area contributed by atoms with Crippen LogP contribution in [0.1, 0.15) is 158 Å². The average Bonchev–Trinajstić information content (AvgIpc) is 2.91. The van der Waals surface area contributed by atoms with Crippen molar-refractivity contribution in [3.8, 4) is 0 Å². The van der Waals surface area contributed by atoms with Gasteiger partial charge in [-0.05, 0) is 75.0 Å². The van der Waals surface area contributed by atoms with Crippen LogP contribution >= 0.6 is 0 Å². The summed E-state index contributed by atoms with van der Waals surface area (Å²) < 4.78 is 0. The van der Waals surface area contributed by atoms with Crippen LogP contribution in [0.4, 0.5) is 0 Å². The van der Waals surface area contributed by atoms with Gasteiger partial charge in [0, 0.05) is 23.9 Å². The summed E-state index contributed by atoms with van der Waals surface area (Å²) in [5, 5.41) is 41.3. The first kappa shape index (κ1) is 54.0. The van der Waals surface area contributed by atoms with Crippen LogP contribution in [0.5, 0.6) is 0 Å². The normalized spacial score (nSPS) is 12.4. The Balaban J connectivity index is -0.000000101. The summed E-state index contributed by atoms with van der Waals surface area (Å²) in [7, 11) is 0. The Morgan fingerprint density at radius 3 is 0.595 bits per heavy atom. The van der Waals surface area contributed by atoms with Crippen molar-refractivity contribution in [3.05, 3.63) is 0 Å². The fourth-order valence-electron chi connectivity index (χ4n) is 3.76. The van der Waals surface area contributed by atoms with Crippen molar-refractivity contribution in [2.45, 2.75) is 158 Å². The van der Waals surface area contributed by atoms with Crippen molar-refractivity contribution in [2.75, 3.05) is 0 Å². The molecular formula is C32H60O8Sn2. The van der Waals surface area contributed by atoms with Gasteiger partial charge in [0.1, 0.15) is 0 Å². The van der Waals surface area contributed by atoms with Gasteiger partial charge in [-0.3, -0.25) is 0 Å². The smallest absolute Gasteiger partial charge is 0.550 e. The number of carbonyl (C=O) groups is 4. The number of carbonyl (C=O) groups excluding carboxylic acids is 4. The fraction of sp³-hybridized carbons (Fsp3) is 0.875. The van der Waals surface area contributed by atoms with Crippen LogP contribution < -0.4 is 20.4 Å². The molecule has 244 valence electrons. The zero-order chi connectivity index (χ0) is 31.9. The number of aliphatic carboxylic acids is 4. The largest absolute Gasteiger partial charge is 2.00 e. The monoisotopic (exact) mass is 812 g/mol. The Hall–Kier alpha value is -0.523. The molecule has 0 aromatic heterocycles.